The smallest absolute Gasteiger partial charge is 0.128 e. The fourth-order valence-electron chi connectivity index (χ4n) is 2.14. The summed E-state index contributed by atoms with van der Waals surface area (Å²) in [4.78, 5) is 6.97. The Bertz CT molecular complexity index is 327. The molecule has 0 radical (unpaired) electrons. The Morgan fingerprint density at radius 3 is 3.13 bits per heavy atom. The van der Waals surface area contributed by atoms with Gasteiger partial charge in [0.1, 0.15) is 5.82 Å². The molecule has 0 bridgehead atoms. The van der Waals surface area contributed by atoms with Gasteiger partial charge in [0, 0.05) is 24.1 Å². The van der Waals surface area contributed by atoms with Gasteiger partial charge in [-0.05, 0) is 37.8 Å². The Balaban J connectivity index is 2.01. The molecule has 0 N–H and O–H groups in total. The van der Waals surface area contributed by atoms with E-state index in [1.165, 1.54) is 19.4 Å². The quantitative estimate of drug-likeness (QED) is 0.784. The molecule has 0 aliphatic carbocycles. The molecule has 1 aliphatic rings. The first-order valence-corrected chi connectivity index (χ1v) is 6.66. The summed E-state index contributed by atoms with van der Waals surface area (Å²) in [6, 6.07) is 6.26. The zero-order valence-electron chi connectivity index (χ0n) is 9.12. The number of halogens is 1. The fourth-order valence-corrected chi connectivity index (χ4v) is 2.78. The molecule has 1 aromatic heterocycles. The van der Waals surface area contributed by atoms with E-state index >= 15 is 0 Å². The standard InChI is InChI=1S/C12H17BrN2/c1-10-3-2-4-12(14-10)15-8-6-11(9-15)5-7-13/h2-4,11H,5-9H2,1H3. The number of pyridine rings is 1. The van der Waals surface area contributed by atoms with E-state index in [1.54, 1.807) is 0 Å². The van der Waals surface area contributed by atoms with Crippen LogP contribution in [0.3, 0.4) is 0 Å². The number of nitrogens with zero attached hydrogens (tertiary/aromatic N) is 2. The summed E-state index contributed by atoms with van der Waals surface area (Å²) in [7, 11) is 0. The number of aryl methyl sites for hydroxylation is 1. The second-order valence-electron chi connectivity index (χ2n) is 4.22. The summed E-state index contributed by atoms with van der Waals surface area (Å²) in [6.07, 6.45) is 2.59. The first kappa shape index (κ1) is 10.9. The van der Waals surface area contributed by atoms with Crippen LogP contribution < -0.4 is 4.90 Å². The Hall–Kier alpha value is -0.570. The second kappa shape index (κ2) is 4.97. The molecule has 0 amide bonds. The van der Waals surface area contributed by atoms with Crippen molar-refractivity contribution in [2.45, 2.75) is 19.8 Å². The molecule has 2 heterocycles. The minimum absolute atomic E-state index is 0.840. The lowest BCUT2D eigenvalue weighted by atomic mass is 10.1. The van der Waals surface area contributed by atoms with Crippen LogP contribution in [-0.4, -0.2) is 23.4 Å². The molecule has 15 heavy (non-hydrogen) atoms. The van der Waals surface area contributed by atoms with Crippen LogP contribution in [0.1, 0.15) is 18.5 Å². The van der Waals surface area contributed by atoms with E-state index in [0.29, 0.717) is 0 Å². The molecule has 0 spiro atoms. The molecule has 1 aliphatic heterocycles. The lowest BCUT2D eigenvalue weighted by Gasteiger charge is -2.17. The number of aromatic nitrogens is 1. The van der Waals surface area contributed by atoms with Crippen molar-refractivity contribution in [3.63, 3.8) is 0 Å². The molecule has 1 atom stereocenters. The molecular formula is C12H17BrN2. The third-order valence-corrected chi connectivity index (χ3v) is 3.46. The average molecular weight is 269 g/mol. The largest absolute Gasteiger partial charge is 0.356 e. The van der Waals surface area contributed by atoms with Crippen LogP contribution in [0, 0.1) is 12.8 Å². The summed E-state index contributed by atoms with van der Waals surface area (Å²) in [5, 5.41) is 1.12. The third-order valence-electron chi connectivity index (χ3n) is 3.00. The van der Waals surface area contributed by atoms with Crippen LogP contribution in [0.4, 0.5) is 5.82 Å². The van der Waals surface area contributed by atoms with Crippen molar-refractivity contribution in [2.24, 2.45) is 5.92 Å². The predicted molar refractivity (Wildman–Crippen MR) is 67.7 cm³/mol. The summed E-state index contributed by atoms with van der Waals surface area (Å²) in [5.74, 6) is 1.98. The lowest BCUT2D eigenvalue weighted by Crippen LogP contribution is -2.20. The van der Waals surface area contributed by atoms with Crippen LogP contribution >= 0.6 is 15.9 Å². The first-order valence-electron chi connectivity index (χ1n) is 5.54. The van der Waals surface area contributed by atoms with E-state index in [4.69, 9.17) is 0 Å². The Morgan fingerprint density at radius 2 is 2.40 bits per heavy atom. The van der Waals surface area contributed by atoms with Gasteiger partial charge in [-0.1, -0.05) is 22.0 Å². The highest BCUT2D eigenvalue weighted by Crippen LogP contribution is 2.24. The molecule has 3 heteroatoms. The van der Waals surface area contributed by atoms with Gasteiger partial charge in [-0.3, -0.25) is 0 Å². The van der Waals surface area contributed by atoms with E-state index in [1.807, 2.05) is 0 Å². The van der Waals surface area contributed by atoms with Crippen molar-refractivity contribution in [1.29, 1.82) is 0 Å². The molecule has 82 valence electrons. The average Bonchev–Trinajstić information content (AvgIpc) is 2.67. The normalized spacial score (nSPS) is 20.9. The maximum Gasteiger partial charge on any atom is 0.128 e. The monoisotopic (exact) mass is 268 g/mol. The maximum absolute atomic E-state index is 4.56. The van der Waals surface area contributed by atoms with Crippen molar-refractivity contribution in [1.82, 2.24) is 4.98 Å². The molecule has 0 aromatic carbocycles. The van der Waals surface area contributed by atoms with Crippen molar-refractivity contribution in [3.8, 4) is 0 Å². The SMILES string of the molecule is Cc1cccc(N2CCC(CCBr)C2)n1. The van der Waals surface area contributed by atoms with Gasteiger partial charge in [0.2, 0.25) is 0 Å². The Kier molecular flexibility index (Phi) is 3.62. The number of anilines is 1. The van der Waals surface area contributed by atoms with Gasteiger partial charge in [0.15, 0.2) is 0 Å². The molecule has 1 aromatic rings. The van der Waals surface area contributed by atoms with Crippen LogP contribution in [-0.2, 0) is 0 Å². The Morgan fingerprint density at radius 1 is 1.53 bits per heavy atom. The Labute approximate surface area is 99.8 Å². The van der Waals surface area contributed by atoms with Gasteiger partial charge >= 0.3 is 0 Å². The summed E-state index contributed by atoms with van der Waals surface area (Å²) in [5.41, 5.74) is 1.11. The highest BCUT2D eigenvalue weighted by Gasteiger charge is 2.22. The lowest BCUT2D eigenvalue weighted by molar-refractivity contribution is 0.575. The minimum atomic E-state index is 0.840. The van der Waals surface area contributed by atoms with Gasteiger partial charge in [-0.25, -0.2) is 4.98 Å². The predicted octanol–water partition coefficient (Wildman–Crippen LogP) is 3.00. The summed E-state index contributed by atoms with van der Waals surface area (Å²) < 4.78 is 0. The molecular weight excluding hydrogens is 252 g/mol. The van der Waals surface area contributed by atoms with Gasteiger partial charge in [-0.2, -0.15) is 0 Å². The molecule has 2 nitrogen and oxygen atoms in total. The summed E-state index contributed by atoms with van der Waals surface area (Å²) in [6.45, 7) is 4.38. The molecule has 1 unspecified atom stereocenters. The maximum atomic E-state index is 4.56. The highest BCUT2D eigenvalue weighted by molar-refractivity contribution is 9.09. The van der Waals surface area contributed by atoms with Crippen molar-refractivity contribution in [3.05, 3.63) is 23.9 Å². The third kappa shape index (κ3) is 2.71. The molecule has 1 saturated heterocycles. The summed E-state index contributed by atoms with van der Waals surface area (Å²) >= 11 is 3.51. The van der Waals surface area contributed by atoms with Crippen molar-refractivity contribution >= 4 is 21.7 Å². The number of hydrogen-bond donors (Lipinski definition) is 0. The van der Waals surface area contributed by atoms with E-state index in [0.717, 1.165) is 29.3 Å². The number of alkyl halides is 1. The van der Waals surface area contributed by atoms with E-state index in [-0.39, 0.29) is 0 Å². The number of hydrogen-bond acceptors (Lipinski definition) is 2. The topological polar surface area (TPSA) is 16.1 Å². The molecule has 2 rings (SSSR count). The van der Waals surface area contributed by atoms with E-state index in [9.17, 15) is 0 Å². The van der Waals surface area contributed by atoms with Gasteiger partial charge in [0.05, 0.1) is 0 Å². The second-order valence-corrected chi connectivity index (χ2v) is 5.01. The molecule has 0 saturated carbocycles. The number of rotatable bonds is 3. The first-order chi connectivity index (χ1) is 7.29. The van der Waals surface area contributed by atoms with Crippen LogP contribution in [0.2, 0.25) is 0 Å². The van der Waals surface area contributed by atoms with Gasteiger partial charge in [-0.15, -0.1) is 0 Å². The van der Waals surface area contributed by atoms with E-state index < -0.39 is 0 Å². The fraction of sp³-hybridized carbons (Fsp3) is 0.583. The molecule has 1 fully saturated rings. The van der Waals surface area contributed by atoms with Gasteiger partial charge in [0.25, 0.3) is 0 Å². The highest BCUT2D eigenvalue weighted by atomic mass is 79.9. The van der Waals surface area contributed by atoms with Crippen LogP contribution in [0.15, 0.2) is 18.2 Å². The minimum Gasteiger partial charge on any atom is -0.356 e. The van der Waals surface area contributed by atoms with Crippen molar-refractivity contribution < 1.29 is 0 Å². The zero-order valence-corrected chi connectivity index (χ0v) is 10.7. The van der Waals surface area contributed by atoms with E-state index in [2.05, 4.69) is 50.9 Å². The van der Waals surface area contributed by atoms with Crippen LogP contribution in [0.5, 0.6) is 0 Å². The van der Waals surface area contributed by atoms with Crippen LogP contribution in [0.25, 0.3) is 0 Å². The zero-order chi connectivity index (χ0) is 10.7. The van der Waals surface area contributed by atoms with Gasteiger partial charge < -0.3 is 4.90 Å². The van der Waals surface area contributed by atoms with Crippen molar-refractivity contribution in [2.75, 3.05) is 23.3 Å².